The standard InChI is InChI=1S/C44H53ClN4O6/c1-42(2)37(34-12-6-5-7-13-34)14-10-17-44(42,55-21-11-18-48-20-15-36(50)29-48)31-54-40-24-39(53-30-33-22-32(25-46)26-47-27-33)35(23-38(40)45)28-49-19-9-8-16-43(49,3)41(51)52-4/h5-7,10,12-14,17,22-24,26-27,36,50H,8-9,11,15-16,18-21,28-31H2,1-4H3/t36-,43?,44?/m1/s1. The molecule has 0 bridgehead atoms. The third kappa shape index (κ3) is 9.09. The molecule has 6 rings (SSSR count). The van der Waals surface area contributed by atoms with Crippen LogP contribution in [-0.2, 0) is 27.4 Å². The Labute approximate surface area is 330 Å². The number of nitrogens with zero attached hydrogens (tertiary/aromatic N) is 4. The maximum absolute atomic E-state index is 13.1. The van der Waals surface area contributed by atoms with E-state index in [4.69, 9.17) is 30.5 Å². The Kier molecular flexibility index (Phi) is 13.0. The first-order valence-electron chi connectivity index (χ1n) is 19.2. The Morgan fingerprint density at radius 3 is 2.64 bits per heavy atom. The van der Waals surface area contributed by atoms with Crippen molar-refractivity contribution in [1.29, 1.82) is 5.26 Å². The monoisotopic (exact) mass is 768 g/mol. The second kappa shape index (κ2) is 17.7. The van der Waals surface area contributed by atoms with E-state index >= 15 is 0 Å². The number of benzene rings is 2. The molecule has 1 aromatic heterocycles. The van der Waals surface area contributed by atoms with Crippen LogP contribution in [0.15, 0.2) is 79.2 Å². The highest BCUT2D eigenvalue weighted by atomic mass is 35.5. The molecule has 2 saturated heterocycles. The van der Waals surface area contributed by atoms with Gasteiger partial charge in [0.25, 0.3) is 0 Å². The molecule has 2 fully saturated rings. The number of ether oxygens (including phenoxy) is 4. The molecule has 3 atom stereocenters. The van der Waals surface area contributed by atoms with Crippen molar-refractivity contribution in [3.8, 4) is 17.6 Å². The number of aliphatic hydroxyl groups is 1. The largest absolute Gasteiger partial charge is 0.488 e. The fourth-order valence-electron chi connectivity index (χ4n) is 8.08. The SMILES string of the molecule is COC(=O)C1(C)CCCCN1Cc1cc(Cl)c(OCC2(OCCCN3CC[C@@H](O)C3)C=CC=C(c3ccccc3)C2(C)C)cc1OCc1cncc(C#N)c1. The van der Waals surface area contributed by atoms with Crippen molar-refractivity contribution >= 4 is 23.1 Å². The van der Waals surface area contributed by atoms with Gasteiger partial charge in [-0.05, 0) is 74.9 Å². The molecule has 2 unspecified atom stereocenters. The van der Waals surface area contributed by atoms with E-state index in [9.17, 15) is 15.2 Å². The van der Waals surface area contributed by atoms with E-state index in [2.05, 4.69) is 59.0 Å². The molecule has 2 aromatic carbocycles. The zero-order valence-corrected chi connectivity index (χ0v) is 33.2. The van der Waals surface area contributed by atoms with E-state index in [0.717, 1.165) is 61.0 Å². The normalized spacial score (nSPS) is 23.9. The van der Waals surface area contributed by atoms with E-state index < -0.39 is 16.6 Å². The third-order valence-corrected chi connectivity index (χ3v) is 11.9. The van der Waals surface area contributed by atoms with Crippen LogP contribution in [0.1, 0.15) is 75.1 Å². The molecule has 3 aliphatic rings. The lowest BCUT2D eigenvalue weighted by Gasteiger charge is -2.47. The Morgan fingerprint density at radius 2 is 1.89 bits per heavy atom. The van der Waals surface area contributed by atoms with Crippen LogP contribution in [0, 0.1) is 16.7 Å². The van der Waals surface area contributed by atoms with Gasteiger partial charge in [-0.1, -0.05) is 67.9 Å². The average Bonchev–Trinajstić information content (AvgIpc) is 3.61. The second-order valence-corrected chi connectivity index (χ2v) is 16.0. The summed E-state index contributed by atoms with van der Waals surface area (Å²) in [6, 6.07) is 17.9. The summed E-state index contributed by atoms with van der Waals surface area (Å²) in [4.78, 5) is 21.7. The maximum atomic E-state index is 13.1. The highest BCUT2D eigenvalue weighted by Crippen LogP contribution is 2.49. The summed E-state index contributed by atoms with van der Waals surface area (Å²) in [5, 5.41) is 19.9. The molecule has 55 heavy (non-hydrogen) atoms. The predicted molar refractivity (Wildman–Crippen MR) is 213 cm³/mol. The number of allylic oxidation sites excluding steroid dienone is 2. The number of halogens is 1. The molecule has 0 saturated carbocycles. The lowest BCUT2D eigenvalue weighted by atomic mass is 9.65. The fourth-order valence-corrected chi connectivity index (χ4v) is 8.32. The summed E-state index contributed by atoms with van der Waals surface area (Å²) in [5.41, 5.74) is 2.06. The number of aliphatic hydroxyl groups excluding tert-OH is 1. The van der Waals surface area contributed by atoms with Gasteiger partial charge in [0.2, 0.25) is 0 Å². The van der Waals surface area contributed by atoms with Crippen LogP contribution in [0.4, 0.5) is 0 Å². The number of carbonyl (C=O) groups excluding carboxylic acids is 1. The van der Waals surface area contributed by atoms with Crippen LogP contribution in [0.5, 0.6) is 11.5 Å². The van der Waals surface area contributed by atoms with Crippen molar-refractivity contribution in [2.45, 2.75) is 83.3 Å². The van der Waals surface area contributed by atoms with E-state index in [1.54, 1.807) is 12.3 Å². The number of pyridine rings is 1. The lowest BCUT2D eigenvalue weighted by Crippen LogP contribution is -2.55. The molecule has 3 aromatic rings. The van der Waals surface area contributed by atoms with Gasteiger partial charge < -0.3 is 29.0 Å². The topological polar surface area (TPSA) is 117 Å². The van der Waals surface area contributed by atoms with Gasteiger partial charge in [-0.15, -0.1) is 0 Å². The minimum Gasteiger partial charge on any atom is -0.488 e. The number of esters is 1. The van der Waals surface area contributed by atoms with Gasteiger partial charge in [-0.25, -0.2) is 0 Å². The Balaban J connectivity index is 1.29. The van der Waals surface area contributed by atoms with E-state index in [0.29, 0.717) is 54.7 Å². The number of nitriles is 1. The summed E-state index contributed by atoms with van der Waals surface area (Å²) in [5.74, 6) is 0.717. The van der Waals surface area contributed by atoms with Crippen molar-refractivity contribution in [2.75, 3.05) is 46.5 Å². The molecular formula is C44H53ClN4O6. The number of carbonyl (C=O) groups is 1. The highest BCUT2D eigenvalue weighted by Gasteiger charge is 2.49. The number of hydrogen-bond acceptors (Lipinski definition) is 10. The third-order valence-electron chi connectivity index (χ3n) is 11.6. The van der Waals surface area contributed by atoms with E-state index in [1.165, 1.54) is 13.3 Å². The molecule has 1 aliphatic carbocycles. The lowest BCUT2D eigenvalue weighted by molar-refractivity contribution is -0.157. The zero-order valence-electron chi connectivity index (χ0n) is 32.4. The van der Waals surface area contributed by atoms with Crippen molar-refractivity contribution in [3.05, 3.63) is 106 Å². The van der Waals surface area contributed by atoms with E-state index in [-0.39, 0.29) is 25.3 Å². The number of piperidine rings is 1. The highest BCUT2D eigenvalue weighted by molar-refractivity contribution is 6.32. The van der Waals surface area contributed by atoms with E-state index in [1.807, 2.05) is 43.3 Å². The van der Waals surface area contributed by atoms with Crippen molar-refractivity contribution < 1.29 is 28.8 Å². The predicted octanol–water partition coefficient (Wildman–Crippen LogP) is 7.37. The first-order chi connectivity index (χ1) is 26.5. The molecule has 1 N–H and O–H groups in total. The Hall–Kier alpha value is -4.24. The van der Waals surface area contributed by atoms with Crippen LogP contribution in [0.25, 0.3) is 5.57 Å². The van der Waals surface area contributed by atoms with Crippen LogP contribution < -0.4 is 9.47 Å². The first-order valence-corrected chi connectivity index (χ1v) is 19.6. The van der Waals surface area contributed by atoms with Gasteiger partial charge in [0.15, 0.2) is 0 Å². The summed E-state index contributed by atoms with van der Waals surface area (Å²) >= 11 is 7.07. The summed E-state index contributed by atoms with van der Waals surface area (Å²) in [6.45, 7) is 10.7. The number of β-amino-alcohol motifs (C(OH)–C–C–N with tert-alkyl or cyclic N) is 1. The first kappa shape index (κ1) is 40.4. The molecule has 3 heterocycles. The van der Waals surface area contributed by atoms with Crippen LogP contribution >= 0.6 is 11.6 Å². The number of rotatable bonds is 15. The Bertz CT molecular complexity index is 1910. The smallest absolute Gasteiger partial charge is 0.325 e. The molecule has 292 valence electrons. The molecule has 11 heteroatoms. The Morgan fingerprint density at radius 1 is 1.07 bits per heavy atom. The minimum atomic E-state index is -0.861. The number of hydrogen-bond donors (Lipinski definition) is 1. The number of methoxy groups -OCH3 is 1. The fraction of sp³-hybridized carbons (Fsp3) is 0.477. The molecular weight excluding hydrogens is 716 g/mol. The van der Waals surface area contributed by atoms with Crippen molar-refractivity contribution in [2.24, 2.45) is 5.41 Å². The van der Waals surface area contributed by atoms with Gasteiger partial charge in [0.1, 0.15) is 41.9 Å². The van der Waals surface area contributed by atoms with Crippen molar-refractivity contribution in [1.82, 2.24) is 14.8 Å². The minimum absolute atomic E-state index is 0.160. The summed E-state index contributed by atoms with van der Waals surface area (Å²) in [6.07, 6.45) is 13.4. The summed E-state index contributed by atoms with van der Waals surface area (Å²) in [7, 11) is 1.43. The van der Waals surface area contributed by atoms with Gasteiger partial charge in [0, 0.05) is 67.8 Å². The van der Waals surface area contributed by atoms with Crippen LogP contribution in [0.2, 0.25) is 5.02 Å². The molecule has 2 aliphatic heterocycles. The molecule has 0 amide bonds. The zero-order chi connectivity index (χ0) is 39.1. The van der Waals surface area contributed by atoms with Crippen LogP contribution in [0.3, 0.4) is 0 Å². The molecule has 10 nitrogen and oxygen atoms in total. The van der Waals surface area contributed by atoms with Crippen LogP contribution in [-0.4, -0.2) is 89.6 Å². The second-order valence-electron chi connectivity index (χ2n) is 15.6. The number of aromatic nitrogens is 1. The average molecular weight is 769 g/mol. The maximum Gasteiger partial charge on any atom is 0.325 e. The van der Waals surface area contributed by atoms with Crippen molar-refractivity contribution in [3.63, 3.8) is 0 Å². The van der Waals surface area contributed by atoms with Gasteiger partial charge in [-0.2, -0.15) is 5.26 Å². The quantitative estimate of drug-likeness (QED) is 0.124. The summed E-state index contributed by atoms with van der Waals surface area (Å²) < 4.78 is 25.4. The van der Waals surface area contributed by atoms with Gasteiger partial charge >= 0.3 is 5.97 Å². The molecule has 0 spiro atoms. The number of likely N-dealkylation sites (tertiary alicyclic amines) is 2. The van der Waals surface area contributed by atoms with Gasteiger partial charge in [-0.3, -0.25) is 14.7 Å². The molecule has 0 radical (unpaired) electrons. The van der Waals surface area contributed by atoms with Gasteiger partial charge in [0.05, 0.1) is 23.8 Å².